The van der Waals surface area contributed by atoms with Crippen molar-refractivity contribution in [3.8, 4) is 0 Å². The van der Waals surface area contributed by atoms with Crippen molar-refractivity contribution >= 4 is 29.1 Å². The summed E-state index contributed by atoms with van der Waals surface area (Å²) in [5, 5.41) is 3.76. The summed E-state index contributed by atoms with van der Waals surface area (Å²) >= 11 is 11.7. The molecule has 0 saturated heterocycles. The van der Waals surface area contributed by atoms with E-state index in [4.69, 9.17) is 23.2 Å². The molecule has 0 unspecified atom stereocenters. The van der Waals surface area contributed by atoms with Crippen LogP contribution in [0.4, 0.5) is 0 Å². The minimum absolute atomic E-state index is 0.105. The zero-order valence-electron chi connectivity index (χ0n) is 12.1. The van der Waals surface area contributed by atoms with Crippen molar-refractivity contribution in [2.45, 2.75) is 26.7 Å². The smallest absolute Gasteiger partial charge is 0.251 e. The van der Waals surface area contributed by atoms with Crippen LogP contribution in [0, 0.1) is 0 Å². The molecule has 0 spiro atoms. The number of carbonyl (C=O) groups is 1. The molecular weight excluding hydrogens is 295 g/mol. The monoisotopic (exact) mass is 316 g/mol. The highest BCUT2D eigenvalue weighted by atomic mass is 35.5. The lowest BCUT2D eigenvalue weighted by molar-refractivity contribution is 0.0952. The van der Waals surface area contributed by atoms with E-state index in [1.165, 1.54) is 0 Å². The van der Waals surface area contributed by atoms with Gasteiger partial charge < -0.3 is 10.2 Å². The normalized spacial score (nSPS) is 10.8. The Labute approximate surface area is 131 Å². The van der Waals surface area contributed by atoms with Gasteiger partial charge in [0.1, 0.15) is 0 Å². The first kappa shape index (κ1) is 17.3. The van der Waals surface area contributed by atoms with Gasteiger partial charge in [0, 0.05) is 12.1 Å². The lowest BCUT2D eigenvalue weighted by Crippen LogP contribution is -2.27. The average Bonchev–Trinajstić information content (AvgIpc) is 2.45. The largest absolute Gasteiger partial charge is 0.352 e. The van der Waals surface area contributed by atoms with Gasteiger partial charge in [-0.3, -0.25) is 4.79 Å². The van der Waals surface area contributed by atoms with Crippen molar-refractivity contribution in [3.05, 3.63) is 33.8 Å². The summed E-state index contributed by atoms with van der Waals surface area (Å²) in [6.07, 6.45) is 2.06. The standard InChI is InChI=1S/C15H22Cl2N2O/c1-3-19(4-2)10-6-5-9-18-15(20)12-7-8-13(16)14(17)11-12/h7-8,11H,3-6,9-10H2,1-2H3,(H,18,20). The summed E-state index contributed by atoms with van der Waals surface area (Å²) in [4.78, 5) is 14.3. The predicted octanol–water partition coefficient (Wildman–Crippen LogP) is 3.85. The second kappa shape index (κ2) is 9.22. The fraction of sp³-hybridized carbons (Fsp3) is 0.533. The first-order chi connectivity index (χ1) is 9.58. The number of nitrogens with zero attached hydrogens (tertiary/aromatic N) is 1. The molecule has 1 rings (SSSR count). The molecule has 1 N–H and O–H groups in total. The Morgan fingerprint density at radius 1 is 1.15 bits per heavy atom. The van der Waals surface area contributed by atoms with Gasteiger partial charge in [-0.25, -0.2) is 0 Å². The molecule has 0 atom stereocenters. The van der Waals surface area contributed by atoms with Crippen molar-refractivity contribution < 1.29 is 4.79 Å². The minimum atomic E-state index is -0.105. The van der Waals surface area contributed by atoms with Crippen LogP contribution >= 0.6 is 23.2 Å². The quantitative estimate of drug-likeness (QED) is 0.739. The molecule has 0 fully saturated rings. The van der Waals surface area contributed by atoms with Gasteiger partial charge in [-0.05, 0) is 50.7 Å². The molecule has 1 aromatic carbocycles. The molecule has 20 heavy (non-hydrogen) atoms. The lowest BCUT2D eigenvalue weighted by atomic mass is 10.2. The lowest BCUT2D eigenvalue weighted by Gasteiger charge is -2.17. The maximum Gasteiger partial charge on any atom is 0.251 e. The fourth-order valence-electron chi connectivity index (χ4n) is 1.94. The van der Waals surface area contributed by atoms with Crippen LogP contribution in [0.2, 0.25) is 10.0 Å². The van der Waals surface area contributed by atoms with Crippen LogP contribution in [0.15, 0.2) is 18.2 Å². The molecular formula is C15H22Cl2N2O. The molecule has 0 aliphatic rings. The zero-order valence-corrected chi connectivity index (χ0v) is 13.6. The number of nitrogens with one attached hydrogen (secondary N) is 1. The van der Waals surface area contributed by atoms with Crippen molar-refractivity contribution in [2.24, 2.45) is 0 Å². The van der Waals surface area contributed by atoms with E-state index >= 15 is 0 Å². The second-order valence-electron chi connectivity index (χ2n) is 4.62. The Bertz CT molecular complexity index is 434. The summed E-state index contributed by atoms with van der Waals surface area (Å²) in [6.45, 7) is 8.24. The van der Waals surface area contributed by atoms with E-state index in [9.17, 15) is 4.79 Å². The van der Waals surface area contributed by atoms with Gasteiger partial charge in [-0.2, -0.15) is 0 Å². The Morgan fingerprint density at radius 2 is 1.85 bits per heavy atom. The molecule has 5 heteroatoms. The molecule has 1 amide bonds. The summed E-state index contributed by atoms with van der Waals surface area (Å²) in [5.41, 5.74) is 0.545. The van der Waals surface area contributed by atoms with Gasteiger partial charge in [0.2, 0.25) is 0 Å². The molecule has 0 aliphatic carbocycles. The van der Waals surface area contributed by atoms with Crippen LogP contribution in [0.3, 0.4) is 0 Å². The Balaban J connectivity index is 2.28. The van der Waals surface area contributed by atoms with E-state index in [0.29, 0.717) is 22.2 Å². The highest BCUT2D eigenvalue weighted by molar-refractivity contribution is 6.42. The van der Waals surface area contributed by atoms with Gasteiger partial charge in [-0.1, -0.05) is 37.0 Å². The van der Waals surface area contributed by atoms with E-state index < -0.39 is 0 Å². The number of hydrogen-bond donors (Lipinski definition) is 1. The van der Waals surface area contributed by atoms with E-state index in [2.05, 4.69) is 24.1 Å². The fourth-order valence-corrected chi connectivity index (χ4v) is 2.24. The van der Waals surface area contributed by atoms with E-state index in [1.807, 2.05) is 0 Å². The van der Waals surface area contributed by atoms with E-state index in [1.54, 1.807) is 18.2 Å². The second-order valence-corrected chi connectivity index (χ2v) is 5.43. The molecule has 0 aromatic heterocycles. The van der Waals surface area contributed by atoms with Crippen molar-refractivity contribution in [1.29, 1.82) is 0 Å². The van der Waals surface area contributed by atoms with Crippen molar-refractivity contribution in [1.82, 2.24) is 10.2 Å². The average molecular weight is 317 g/mol. The third-order valence-electron chi connectivity index (χ3n) is 3.26. The summed E-state index contributed by atoms with van der Waals surface area (Å²) in [5.74, 6) is -0.105. The third kappa shape index (κ3) is 5.70. The van der Waals surface area contributed by atoms with Crippen LogP contribution in [-0.4, -0.2) is 37.0 Å². The van der Waals surface area contributed by atoms with Gasteiger partial charge >= 0.3 is 0 Å². The Hall–Kier alpha value is -0.770. The Morgan fingerprint density at radius 3 is 2.45 bits per heavy atom. The number of rotatable bonds is 8. The SMILES string of the molecule is CCN(CC)CCCCNC(=O)c1ccc(Cl)c(Cl)c1. The molecule has 0 radical (unpaired) electrons. The highest BCUT2D eigenvalue weighted by Gasteiger charge is 2.07. The molecule has 0 bridgehead atoms. The molecule has 0 saturated carbocycles. The number of unbranched alkanes of at least 4 members (excludes halogenated alkanes) is 1. The van der Waals surface area contributed by atoms with Crippen molar-refractivity contribution in [2.75, 3.05) is 26.2 Å². The number of carbonyl (C=O) groups excluding carboxylic acids is 1. The summed E-state index contributed by atoms with van der Waals surface area (Å²) in [7, 11) is 0. The van der Waals surface area contributed by atoms with Gasteiger partial charge in [0.05, 0.1) is 10.0 Å². The van der Waals surface area contributed by atoms with Gasteiger partial charge in [-0.15, -0.1) is 0 Å². The first-order valence-electron chi connectivity index (χ1n) is 7.04. The molecule has 0 aliphatic heterocycles. The van der Waals surface area contributed by atoms with E-state index in [0.717, 1.165) is 32.5 Å². The Kier molecular flexibility index (Phi) is 7.97. The zero-order chi connectivity index (χ0) is 15.0. The van der Waals surface area contributed by atoms with Gasteiger partial charge in [0.25, 0.3) is 5.91 Å². The number of halogens is 2. The molecule has 3 nitrogen and oxygen atoms in total. The van der Waals surface area contributed by atoms with Crippen LogP contribution in [0.5, 0.6) is 0 Å². The number of amides is 1. The third-order valence-corrected chi connectivity index (χ3v) is 4.00. The van der Waals surface area contributed by atoms with Crippen LogP contribution < -0.4 is 5.32 Å². The summed E-state index contributed by atoms with van der Waals surface area (Å²) in [6, 6.07) is 4.91. The number of benzene rings is 1. The van der Waals surface area contributed by atoms with Crippen molar-refractivity contribution in [3.63, 3.8) is 0 Å². The van der Waals surface area contributed by atoms with Crippen LogP contribution in [-0.2, 0) is 0 Å². The molecule has 1 aromatic rings. The maximum absolute atomic E-state index is 11.9. The van der Waals surface area contributed by atoms with Crippen LogP contribution in [0.25, 0.3) is 0 Å². The molecule has 112 valence electrons. The molecule has 0 heterocycles. The first-order valence-corrected chi connectivity index (χ1v) is 7.79. The summed E-state index contributed by atoms with van der Waals surface area (Å²) < 4.78 is 0. The van der Waals surface area contributed by atoms with Crippen LogP contribution in [0.1, 0.15) is 37.0 Å². The predicted molar refractivity (Wildman–Crippen MR) is 85.8 cm³/mol. The maximum atomic E-state index is 11.9. The van der Waals surface area contributed by atoms with Gasteiger partial charge in [0.15, 0.2) is 0 Å². The highest BCUT2D eigenvalue weighted by Crippen LogP contribution is 2.22. The minimum Gasteiger partial charge on any atom is -0.352 e. The van der Waals surface area contributed by atoms with E-state index in [-0.39, 0.29) is 5.91 Å². The topological polar surface area (TPSA) is 32.3 Å². The number of hydrogen-bond acceptors (Lipinski definition) is 2.